The zero-order valence-corrected chi connectivity index (χ0v) is 67.7. The first-order valence-corrected chi connectivity index (χ1v) is 38.3. The van der Waals surface area contributed by atoms with Crippen LogP contribution in [0.2, 0.25) is 15.1 Å². The lowest BCUT2D eigenvalue weighted by Crippen LogP contribution is -1.97. The maximum atomic E-state index is 11.9. The number of hydrogen-bond donors (Lipinski definition) is 3. The minimum Gasteiger partial charge on any atom is -0.461 e. The number of carbonyl (C=O) groups excluding carboxylic acids is 6. The summed E-state index contributed by atoms with van der Waals surface area (Å²) in [4.78, 5) is 71.4. The molecule has 9 aromatic carbocycles. The standard InChI is InChI=1S/C17H15ClO.C17H17NO.C16H15ClO2.C16H15NO.C15H13ClO2.C14H12BrNOS/c1-13-10-11-14(16(18)12-13)8-5-9-17(19)15-6-3-2-4-7-15;1-13-8-9-14(2)16(12-13)18-11-10-17(19)15-6-4-3-5-7-15;1-11-6-8-13(14(17)10-11)4-3-5-15(18)16-9-7-12(2)19-16;1-13-7-5-6-10-15(13)17-12-11-16(18)14-8-3-2-4-9-14;1-11-7-8-12(13(16)10-11)4-2-5-14(17)15-6-3-9-18-15;1-10-4-5-12(11(15)9-10)16-7-6-13(17)14-3-2-8-18-14/h2-7,9-12H,8H2,1H3;3-12,18H,1-2H3;3,5-10H,4H2,1-2H3;2-12,17H,1H3;2-3,5-10H,4H2,1H3;2-9,16H,1H3/b9-5+;11-10+;5-3+;12-11+;5-2+;7-6+. The lowest BCUT2D eigenvalue weighted by Gasteiger charge is -2.06. The first-order chi connectivity index (χ1) is 53.5. The Morgan fingerprint density at radius 3 is 1.21 bits per heavy atom. The molecular weight excluding hydrogens is 1530 g/mol. The summed E-state index contributed by atoms with van der Waals surface area (Å²) in [6.07, 6.45) is 23.2. The fourth-order valence-corrected chi connectivity index (χ4v) is 12.3. The topological polar surface area (TPSA) is 165 Å². The monoisotopic (exact) mass is 1610 g/mol. The summed E-state index contributed by atoms with van der Waals surface area (Å²) in [7, 11) is 0. The Bertz CT molecular complexity index is 5110. The molecule has 0 saturated heterocycles. The summed E-state index contributed by atoms with van der Waals surface area (Å²) in [5, 5.41) is 13.5. The molecule has 12 rings (SSSR count). The van der Waals surface area contributed by atoms with Gasteiger partial charge < -0.3 is 24.8 Å². The fraction of sp³-hybridized carbons (Fsp3) is 0.116. The number of hydrogen-bond acceptors (Lipinski definition) is 12. The number of halogens is 4. The normalized spacial score (nSPS) is 10.8. The molecule has 3 aromatic heterocycles. The molecule has 16 heteroatoms. The molecule has 0 atom stereocenters. The van der Waals surface area contributed by atoms with Crippen molar-refractivity contribution in [1.29, 1.82) is 0 Å². The summed E-state index contributed by atoms with van der Waals surface area (Å²) in [6, 6.07) is 76.1. The zero-order valence-electron chi connectivity index (χ0n) is 63.0. The molecule has 0 bridgehead atoms. The van der Waals surface area contributed by atoms with Crippen LogP contribution < -0.4 is 16.0 Å². The molecule has 0 saturated carbocycles. The number of anilines is 3. The number of rotatable bonds is 24. The molecule has 0 radical (unpaired) electrons. The van der Waals surface area contributed by atoms with Gasteiger partial charge in [0, 0.05) is 84.4 Å². The predicted octanol–water partition coefficient (Wildman–Crippen LogP) is 25.9. The van der Waals surface area contributed by atoms with E-state index < -0.39 is 0 Å². The first kappa shape index (κ1) is 86.7. The van der Waals surface area contributed by atoms with Crippen molar-refractivity contribution in [2.45, 2.75) is 74.7 Å². The number of nitrogens with one attached hydrogen (secondary N) is 3. The molecule has 0 aliphatic rings. The van der Waals surface area contributed by atoms with Crippen molar-refractivity contribution in [2.24, 2.45) is 0 Å². The smallest absolute Gasteiger partial charge is 0.220 e. The number of allylic oxidation sites excluding steroid dienone is 9. The first-order valence-electron chi connectivity index (χ1n) is 35.5. The Kier molecular flexibility index (Phi) is 36.5. The number of para-hydroxylation sites is 1. The van der Waals surface area contributed by atoms with E-state index in [1.807, 2.05) is 255 Å². The van der Waals surface area contributed by atoms with Gasteiger partial charge >= 0.3 is 0 Å². The van der Waals surface area contributed by atoms with E-state index in [0.29, 0.717) is 47.5 Å². The molecule has 0 aliphatic carbocycles. The summed E-state index contributed by atoms with van der Waals surface area (Å²) < 4.78 is 11.3. The Balaban J connectivity index is 0.000000185. The molecule has 111 heavy (non-hydrogen) atoms. The third-order valence-corrected chi connectivity index (χ3v) is 18.8. The van der Waals surface area contributed by atoms with Gasteiger partial charge in [0.25, 0.3) is 0 Å². The minimum atomic E-state index is -0.136. The molecule has 0 amide bonds. The van der Waals surface area contributed by atoms with Crippen LogP contribution in [0, 0.1) is 55.4 Å². The van der Waals surface area contributed by atoms with Crippen LogP contribution >= 0.6 is 62.1 Å². The highest BCUT2D eigenvalue weighted by molar-refractivity contribution is 9.10. The van der Waals surface area contributed by atoms with Gasteiger partial charge in [-0.15, -0.1) is 11.3 Å². The van der Waals surface area contributed by atoms with Crippen LogP contribution in [0.1, 0.15) is 123 Å². The van der Waals surface area contributed by atoms with E-state index in [1.165, 1.54) is 47.0 Å². The highest BCUT2D eigenvalue weighted by Gasteiger charge is 2.10. The number of ketones is 6. The van der Waals surface area contributed by atoms with Crippen molar-refractivity contribution < 1.29 is 37.6 Å². The average molecular weight is 1620 g/mol. The summed E-state index contributed by atoms with van der Waals surface area (Å²) >= 11 is 23.3. The van der Waals surface area contributed by atoms with Crippen LogP contribution in [-0.4, -0.2) is 34.7 Å². The third-order valence-electron chi connectivity index (χ3n) is 16.2. The largest absolute Gasteiger partial charge is 0.461 e. The predicted molar refractivity (Wildman–Crippen MR) is 463 cm³/mol. The Labute approximate surface area is 678 Å². The van der Waals surface area contributed by atoms with Gasteiger partial charge in [0.05, 0.1) is 16.8 Å². The van der Waals surface area contributed by atoms with Crippen LogP contribution in [0.3, 0.4) is 0 Å². The molecule has 3 heterocycles. The zero-order chi connectivity index (χ0) is 79.9. The third kappa shape index (κ3) is 31.2. The van der Waals surface area contributed by atoms with Crippen molar-refractivity contribution in [3.8, 4) is 0 Å². The second kappa shape index (κ2) is 46.7. The SMILES string of the molecule is Cc1ccc(C)c(N/C=C/C(=O)c2ccccc2)c1.Cc1ccc(C/C=C/C(=O)c2ccc(C)o2)c(Cl)c1.Cc1ccc(C/C=C/C(=O)c2ccccc2)c(Cl)c1.Cc1ccc(C/C=C/C(=O)c2ccco2)c(Cl)c1.Cc1ccc(N/C=C/C(=O)c2cccs2)c(Br)c1.Cc1ccccc1N/C=C/C(=O)c1ccccc1. The van der Waals surface area contributed by atoms with E-state index in [-0.39, 0.29) is 34.7 Å². The average Bonchev–Trinajstić information content (AvgIpc) is 1.59. The van der Waals surface area contributed by atoms with Gasteiger partial charge in [0.15, 0.2) is 34.7 Å². The van der Waals surface area contributed by atoms with E-state index in [1.54, 1.807) is 85.4 Å². The van der Waals surface area contributed by atoms with E-state index in [2.05, 4.69) is 50.1 Å². The molecule has 0 spiro atoms. The van der Waals surface area contributed by atoms with Crippen LogP contribution in [-0.2, 0) is 19.3 Å². The van der Waals surface area contributed by atoms with Crippen molar-refractivity contribution >= 4 is 114 Å². The molecule has 3 N–H and O–H groups in total. The van der Waals surface area contributed by atoms with Crippen LogP contribution in [0.15, 0.2) is 341 Å². The van der Waals surface area contributed by atoms with E-state index in [9.17, 15) is 28.8 Å². The lowest BCUT2D eigenvalue weighted by molar-refractivity contribution is 0.101. The van der Waals surface area contributed by atoms with Gasteiger partial charge in [-0.1, -0.05) is 223 Å². The Hall–Kier alpha value is -11.6. The minimum absolute atomic E-state index is 0.00148. The highest BCUT2D eigenvalue weighted by atomic mass is 79.9. The van der Waals surface area contributed by atoms with Crippen molar-refractivity contribution in [3.63, 3.8) is 0 Å². The number of furan rings is 2. The van der Waals surface area contributed by atoms with Crippen molar-refractivity contribution in [3.05, 3.63) is 442 Å². The second-order valence-corrected chi connectivity index (χ2v) is 28.3. The highest BCUT2D eigenvalue weighted by Crippen LogP contribution is 2.25. The molecule has 11 nitrogen and oxygen atoms in total. The number of thiophene rings is 1. The number of carbonyl (C=O) groups is 6. The summed E-state index contributed by atoms with van der Waals surface area (Å²) in [5.74, 6) is 1.21. The van der Waals surface area contributed by atoms with Crippen LogP contribution in [0.5, 0.6) is 0 Å². The maximum absolute atomic E-state index is 11.9. The van der Waals surface area contributed by atoms with Gasteiger partial charge in [0.1, 0.15) is 5.76 Å². The summed E-state index contributed by atoms with van der Waals surface area (Å²) in [6.45, 7) is 15.9. The summed E-state index contributed by atoms with van der Waals surface area (Å²) in [5.41, 5.74) is 16.2. The van der Waals surface area contributed by atoms with Gasteiger partial charge in [-0.3, -0.25) is 28.8 Å². The molecule has 0 fully saturated rings. The van der Waals surface area contributed by atoms with Gasteiger partial charge in [-0.2, -0.15) is 0 Å². The van der Waals surface area contributed by atoms with E-state index in [4.69, 9.17) is 43.6 Å². The number of aryl methyl sites for hydroxylation is 8. The second-order valence-electron chi connectivity index (χ2n) is 25.3. The van der Waals surface area contributed by atoms with Crippen molar-refractivity contribution in [2.75, 3.05) is 16.0 Å². The van der Waals surface area contributed by atoms with Crippen LogP contribution in [0.25, 0.3) is 0 Å². The molecule has 0 aliphatic heterocycles. The van der Waals surface area contributed by atoms with Gasteiger partial charge in [-0.05, 0) is 243 Å². The quantitative estimate of drug-likeness (QED) is 0.0389. The van der Waals surface area contributed by atoms with E-state index in [0.717, 1.165) is 91.7 Å². The molecule has 564 valence electrons. The molecular formula is C95H87BrCl3N3O8S. The van der Waals surface area contributed by atoms with Crippen molar-refractivity contribution in [1.82, 2.24) is 0 Å². The maximum Gasteiger partial charge on any atom is 0.220 e. The van der Waals surface area contributed by atoms with Crippen LogP contribution in [0.4, 0.5) is 17.1 Å². The van der Waals surface area contributed by atoms with Gasteiger partial charge in [-0.25, -0.2) is 0 Å². The fourth-order valence-electron chi connectivity index (χ4n) is 10.1. The Morgan fingerprint density at radius 2 is 0.766 bits per heavy atom. The van der Waals surface area contributed by atoms with E-state index >= 15 is 0 Å². The lowest BCUT2D eigenvalue weighted by atomic mass is 10.1. The van der Waals surface area contributed by atoms with Gasteiger partial charge in [0.2, 0.25) is 11.6 Å². The molecule has 12 aromatic rings. The number of benzene rings is 9. The Morgan fingerprint density at radius 1 is 0.360 bits per heavy atom. The molecule has 0 unspecified atom stereocenters.